The minimum atomic E-state index is 0.707. The summed E-state index contributed by atoms with van der Waals surface area (Å²) in [5, 5.41) is 3.67. The number of hydrogen-bond donors (Lipinski definition) is 1. The Morgan fingerprint density at radius 2 is 2.17 bits per heavy atom. The molecule has 1 aliphatic rings. The molecule has 2 atom stereocenters. The molecule has 0 spiro atoms. The summed E-state index contributed by atoms with van der Waals surface area (Å²) >= 11 is 0. The normalized spacial score (nSPS) is 25.2. The standard InChI is InChI=1S/C15H25N3/c1-3-7-17-15-6-10-18(11-13(15)2)12-14-4-8-16-9-5-14/h4-5,8-9,13,15,17H,3,6-7,10-12H2,1-2H3. The van der Waals surface area contributed by atoms with Gasteiger partial charge in [-0.05, 0) is 49.5 Å². The number of hydrogen-bond acceptors (Lipinski definition) is 3. The van der Waals surface area contributed by atoms with Crippen molar-refractivity contribution in [3.8, 4) is 0 Å². The lowest BCUT2D eigenvalue weighted by atomic mass is 9.93. The molecular weight excluding hydrogens is 222 g/mol. The van der Waals surface area contributed by atoms with Crippen LogP contribution in [0.15, 0.2) is 24.5 Å². The fourth-order valence-corrected chi connectivity index (χ4v) is 2.75. The van der Waals surface area contributed by atoms with Crippen molar-refractivity contribution in [2.45, 2.75) is 39.3 Å². The summed E-state index contributed by atoms with van der Waals surface area (Å²) in [6.45, 7) is 9.22. The third-order valence-electron chi connectivity index (χ3n) is 3.80. The number of nitrogens with one attached hydrogen (secondary N) is 1. The van der Waals surface area contributed by atoms with Gasteiger partial charge in [0.05, 0.1) is 0 Å². The van der Waals surface area contributed by atoms with Crippen LogP contribution in [0.2, 0.25) is 0 Å². The van der Waals surface area contributed by atoms with Gasteiger partial charge in [-0.2, -0.15) is 0 Å². The lowest BCUT2D eigenvalue weighted by Gasteiger charge is -2.37. The average Bonchev–Trinajstić information content (AvgIpc) is 2.39. The molecule has 1 aromatic rings. The van der Waals surface area contributed by atoms with Crippen molar-refractivity contribution in [1.29, 1.82) is 0 Å². The minimum absolute atomic E-state index is 0.707. The first-order chi connectivity index (χ1) is 8.79. The molecule has 0 aliphatic carbocycles. The van der Waals surface area contributed by atoms with Gasteiger partial charge in [0.2, 0.25) is 0 Å². The van der Waals surface area contributed by atoms with Crippen molar-refractivity contribution in [2.75, 3.05) is 19.6 Å². The van der Waals surface area contributed by atoms with E-state index in [-0.39, 0.29) is 0 Å². The second-order valence-corrected chi connectivity index (χ2v) is 5.42. The third kappa shape index (κ3) is 3.79. The first kappa shape index (κ1) is 13.5. The van der Waals surface area contributed by atoms with Crippen LogP contribution < -0.4 is 5.32 Å². The van der Waals surface area contributed by atoms with Crippen molar-refractivity contribution < 1.29 is 0 Å². The molecule has 18 heavy (non-hydrogen) atoms. The van der Waals surface area contributed by atoms with Gasteiger partial charge in [-0.25, -0.2) is 0 Å². The Morgan fingerprint density at radius 3 is 2.83 bits per heavy atom. The molecule has 0 saturated carbocycles. The van der Waals surface area contributed by atoms with Crippen molar-refractivity contribution in [3.05, 3.63) is 30.1 Å². The Balaban J connectivity index is 1.81. The van der Waals surface area contributed by atoms with Gasteiger partial charge in [0.1, 0.15) is 0 Å². The van der Waals surface area contributed by atoms with Crippen LogP contribution in [0.5, 0.6) is 0 Å². The summed E-state index contributed by atoms with van der Waals surface area (Å²) in [4.78, 5) is 6.63. The van der Waals surface area contributed by atoms with Gasteiger partial charge in [0.25, 0.3) is 0 Å². The second kappa shape index (κ2) is 6.86. The van der Waals surface area contributed by atoms with Crippen LogP contribution in [0.3, 0.4) is 0 Å². The van der Waals surface area contributed by atoms with Gasteiger partial charge in [-0.3, -0.25) is 9.88 Å². The molecule has 0 amide bonds. The number of nitrogens with zero attached hydrogens (tertiary/aromatic N) is 2. The summed E-state index contributed by atoms with van der Waals surface area (Å²) in [7, 11) is 0. The fourth-order valence-electron chi connectivity index (χ4n) is 2.75. The van der Waals surface area contributed by atoms with E-state index in [1.807, 2.05) is 12.4 Å². The monoisotopic (exact) mass is 247 g/mol. The number of likely N-dealkylation sites (tertiary alicyclic amines) is 1. The molecule has 0 radical (unpaired) electrons. The molecule has 1 aromatic heterocycles. The molecule has 2 heterocycles. The van der Waals surface area contributed by atoms with E-state index in [2.05, 4.69) is 41.2 Å². The quantitative estimate of drug-likeness (QED) is 0.865. The highest BCUT2D eigenvalue weighted by Gasteiger charge is 2.25. The van der Waals surface area contributed by atoms with Gasteiger partial charge in [0, 0.05) is 31.5 Å². The largest absolute Gasteiger partial charge is 0.314 e. The van der Waals surface area contributed by atoms with E-state index in [4.69, 9.17) is 0 Å². The van der Waals surface area contributed by atoms with Gasteiger partial charge in [0.15, 0.2) is 0 Å². The Hall–Kier alpha value is -0.930. The third-order valence-corrected chi connectivity index (χ3v) is 3.80. The zero-order valence-corrected chi connectivity index (χ0v) is 11.6. The lowest BCUT2D eigenvalue weighted by molar-refractivity contribution is 0.141. The van der Waals surface area contributed by atoms with Gasteiger partial charge >= 0.3 is 0 Å². The van der Waals surface area contributed by atoms with Crippen LogP contribution in [0.25, 0.3) is 0 Å². The highest BCUT2D eigenvalue weighted by molar-refractivity contribution is 5.09. The molecule has 3 nitrogen and oxygen atoms in total. The lowest BCUT2D eigenvalue weighted by Crippen LogP contribution is -2.48. The summed E-state index contributed by atoms with van der Waals surface area (Å²) in [5.74, 6) is 0.743. The fraction of sp³-hybridized carbons (Fsp3) is 0.667. The number of piperidine rings is 1. The van der Waals surface area contributed by atoms with Crippen molar-refractivity contribution in [3.63, 3.8) is 0 Å². The van der Waals surface area contributed by atoms with Gasteiger partial charge in [-0.15, -0.1) is 0 Å². The zero-order chi connectivity index (χ0) is 12.8. The molecule has 1 saturated heterocycles. The molecule has 0 bridgehead atoms. The van der Waals surface area contributed by atoms with Crippen LogP contribution >= 0.6 is 0 Å². The number of aromatic nitrogens is 1. The van der Waals surface area contributed by atoms with Crippen molar-refractivity contribution in [2.24, 2.45) is 5.92 Å². The molecule has 1 aliphatic heterocycles. The van der Waals surface area contributed by atoms with E-state index in [1.54, 1.807) is 0 Å². The molecule has 1 N–H and O–H groups in total. The Kier molecular flexibility index (Phi) is 5.14. The predicted molar refractivity (Wildman–Crippen MR) is 75.4 cm³/mol. The van der Waals surface area contributed by atoms with Gasteiger partial charge in [-0.1, -0.05) is 13.8 Å². The number of rotatable bonds is 5. The minimum Gasteiger partial charge on any atom is -0.314 e. The summed E-state index contributed by atoms with van der Waals surface area (Å²) in [6, 6.07) is 4.94. The summed E-state index contributed by atoms with van der Waals surface area (Å²) < 4.78 is 0. The van der Waals surface area contributed by atoms with Crippen LogP contribution in [0, 0.1) is 5.92 Å². The van der Waals surface area contributed by atoms with E-state index in [0.717, 1.165) is 19.0 Å². The molecule has 0 aromatic carbocycles. The topological polar surface area (TPSA) is 28.2 Å². The highest BCUT2D eigenvalue weighted by Crippen LogP contribution is 2.18. The van der Waals surface area contributed by atoms with Crippen LogP contribution in [0.1, 0.15) is 32.3 Å². The summed E-state index contributed by atoms with van der Waals surface area (Å²) in [6.07, 6.45) is 6.26. The maximum Gasteiger partial charge on any atom is 0.0271 e. The predicted octanol–water partition coefficient (Wildman–Crippen LogP) is 2.29. The van der Waals surface area contributed by atoms with Crippen molar-refractivity contribution in [1.82, 2.24) is 15.2 Å². The van der Waals surface area contributed by atoms with Crippen molar-refractivity contribution >= 4 is 0 Å². The maximum absolute atomic E-state index is 4.07. The summed E-state index contributed by atoms with van der Waals surface area (Å²) in [5.41, 5.74) is 1.37. The average molecular weight is 247 g/mol. The van der Waals surface area contributed by atoms with Crippen LogP contribution in [0.4, 0.5) is 0 Å². The van der Waals surface area contributed by atoms with E-state index < -0.39 is 0 Å². The molecule has 2 rings (SSSR count). The molecular formula is C15H25N3. The molecule has 1 fully saturated rings. The van der Waals surface area contributed by atoms with E-state index in [9.17, 15) is 0 Å². The molecule has 2 unspecified atom stereocenters. The maximum atomic E-state index is 4.07. The Labute approximate surface area is 111 Å². The zero-order valence-electron chi connectivity index (χ0n) is 11.6. The van der Waals surface area contributed by atoms with Crippen LogP contribution in [-0.4, -0.2) is 35.6 Å². The van der Waals surface area contributed by atoms with Gasteiger partial charge < -0.3 is 5.32 Å². The van der Waals surface area contributed by atoms with E-state index in [0.29, 0.717) is 6.04 Å². The Bertz CT molecular complexity index is 339. The second-order valence-electron chi connectivity index (χ2n) is 5.42. The van der Waals surface area contributed by atoms with E-state index in [1.165, 1.54) is 31.5 Å². The SMILES string of the molecule is CCCNC1CCN(Cc2ccncc2)CC1C. The molecule has 100 valence electrons. The number of pyridine rings is 1. The Morgan fingerprint density at radius 1 is 1.39 bits per heavy atom. The first-order valence-electron chi connectivity index (χ1n) is 7.14. The molecule has 3 heteroatoms. The van der Waals surface area contributed by atoms with Crippen LogP contribution in [-0.2, 0) is 6.54 Å². The first-order valence-corrected chi connectivity index (χ1v) is 7.14. The highest BCUT2D eigenvalue weighted by atomic mass is 15.1. The van der Waals surface area contributed by atoms with E-state index >= 15 is 0 Å². The smallest absolute Gasteiger partial charge is 0.0271 e.